The van der Waals surface area contributed by atoms with Crippen molar-refractivity contribution in [1.29, 1.82) is 0 Å². The van der Waals surface area contributed by atoms with Crippen LogP contribution in [0.2, 0.25) is 0 Å². The maximum atomic E-state index is 5.64. The minimum atomic E-state index is 0.593. The van der Waals surface area contributed by atoms with Crippen LogP contribution in [0.25, 0.3) is 22.5 Å². The number of nitrogens with zero attached hydrogens (tertiary/aromatic N) is 1. The first-order valence-corrected chi connectivity index (χ1v) is 6.78. The summed E-state index contributed by atoms with van der Waals surface area (Å²) in [6.45, 7) is 0.593. The summed E-state index contributed by atoms with van der Waals surface area (Å²) in [5.41, 5.74) is 9.94. The minimum Gasteiger partial charge on any atom is -0.341 e. The summed E-state index contributed by atoms with van der Waals surface area (Å²) in [6, 6.07) is 20.5. The van der Waals surface area contributed by atoms with E-state index in [0.29, 0.717) is 6.54 Å². The van der Waals surface area contributed by atoms with Gasteiger partial charge in [-0.25, -0.2) is 4.98 Å². The molecule has 3 N–H and O–H groups in total. The van der Waals surface area contributed by atoms with Crippen molar-refractivity contribution in [1.82, 2.24) is 9.97 Å². The summed E-state index contributed by atoms with van der Waals surface area (Å²) in [5, 5.41) is 0. The smallest absolute Gasteiger partial charge is 0.108 e. The predicted octanol–water partition coefficient (Wildman–Crippen LogP) is 3.24. The Morgan fingerprint density at radius 2 is 1.45 bits per heavy atom. The topological polar surface area (TPSA) is 54.7 Å². The first-order valence-electron chi connectivity index (χ1n) is 6.78. The third-order valence-corrected chi connectivity index (χ3v) is 3.24. The summed E-state index contributed by atoms with van der Waals surface area (Å²) in [4.78, 5) is 8.12. The predicted molar refractivity (Wildman–Crippen MR) is 82.2 cm³/mol. The molecule has 0 saturated carbocycles. The van der Waals surface area contributed by atoms with Crippen LogP contribution in [-0.2, 0) is 6.42 Å². The number of H-pyrrole nitrogens is 1. The third-order valence-electron chi connectivity index (χ3n) is 3.24. The van der Waals surface area contributed by atoms with Crippen LogP contribution < -0.4 is 5.73 Å². The van der Waals surface area contributed by atoms with E-state index in [2.05, 4.69) is 29.2 Å². The van der Waals surface area contributed by atoms with E-state index in [1.54, 1.807) is 0 Å². The zero-order valence-corrected chi connectivity index (χ0v) is 11.2. The van der Waals surface area contributed by atoms with Gasteiger partial charge in [-0.2, -0.15) is 0 Å². The van der Waals surface area contributed by atoms with E-state index < -0.39 is 0 Å². The molecule has 100 valence electrons. The van der Waals surface area contributed by atoms with Crippen LogP contribution in [0, 0.1) is 0 Å². The van der Waals surface area contributed by atoms with Gasteiger partial charge in [-0.15, -0.1) is 0 Å². The molecule has 0 atom stereocenters. The molecule has 0 amide bonds. The highest BCUT2D eigenvalue weighted by atomic mass is 14.9. The second kappa shape index (κ2) is 5.72. The lowest BCUT2D eigenvalue weighted by atomic mass is 10.1. The van der Waals surface area contributed by atoms with Crippen molar-refractivity contribution in [3.05, 3.63) is 66.5 Å². The lowest BCUT2D eigenvalue weighted by Gasteiger charge is -2.02. The number of imidazole rings is 1. The van der Waals surface area contributed by atoms with Gasteiger partial charge < -0.3 is 10.7 Å². The van der Waals surface area contributed by atoms with Crippen LogP contribution in [-0.4, -0.2) is 16.5 Å². The van der Waals surface area contributed by atoms with Crippen molar-refractivity contribution in [3.8, 4) is 22.5 Å². The molecule has 0 aliphatic heterocycles. The third kappa shape index (κ3) is 2.49. The van der Waals surface area contributed by atoms with Gasteiger partial charge in [0.25, 0.3) is 0 Å². The molecule has 0 bridgehead atoms. The molecule has 1 heterocycles. The second-order valence-corrected chi connectivity index (χ2v) is 4.68. The average Bonchev–Trinajstić information content (AvgIpc) is 2.93. The molecule has 0 aliphatic carbocycles. The van der Waals surface area contributed by atoms with E-state index in [-0.39, 0.29) is 0 Å². The lowest BCUT2D eigenvalue weighted by Crippen LogP contribution is -2.03. The van der Waals surface area contributed by atoms with Gasteiger partial charge in [-0.05, 0) is 6.54 Å². The van der Waals surface area contributed by atoms with E-state index >= 15 is 0 Å². The van der Waals surface area contributed by atoms with Gasteiger partial charge in [0, 0.05) is 17.5 Å². The molecule has 1 aromatic heterocycles. The normalized spacial score (nSPS) is 10.7. The molecule has 3 nitrogen and oxygen atoms in total. The monoisotopic (exact) mass is 263 g/mol. The standard InChI is InChI=1S/C17H17N3/c18-12-11-15-19-16(13-7-3-1-4-8-13)17(20-15)14-9-5-2-6-10-14/h1-10H,11-12,18H2,(H,19,20). The van der Waals surface area contributed by atoms with E-state index in [4.69, 9.17) is 10.7 Å². The molecule has 2 aromatic carbocycles. The number of aromatic nitrogens is 2. The highest BCUT2D eigenvalue weighted by molar-refractivity contribution is 5.78. The molecule has 0 aliphatic rings. The quantitative estimate of drug-likeness (QED) is 0.759. The van der Waals surface area contributed by atoms with E-state index in [1.807, 2.05) is 36.4 Å². The molecular formula is C17H17N3. The Morgan fingerprint density at radius 1 is 0.850 bits per heavy atom. The molecular weight excluding hydrogens is 246 g/mol. The number of hydrogen-bond acceptors (Lipinski definition) is 2. The van der Waals surface area contributed by atoms with Crippen LogP contribution in [0.3, 0.4) is 0 Å². The number of nitrogens with one attached hydrogen (secondary N) is 1. The Hall–Kier alpha value is -2.39. The fourth-order valence-electron chi connectivity index (χ4n) is 2.30. The van der Waals surface area contributed by atoms with E-state index in [1.165, 1.54) is 0 Å². The highest BCUT2D eigenvalue weighted by Gasteiger charge is 2.13. The van der Waals surface area contributed by atoms with Crippen LogP contribution in [0.15, 0.2) is 60.7 Å². The van der Waals surface area contributed by atoms with Crippen molar-refractivity contribution < 1.29 is 0 Å². The summed E-state index contributed by atoms with van der Waals surface area (Å²) < 4.78 is 0. The Bertz CT molecular complexity index is 615. The highest BCUT2D eigenvalue weighted by Crippen LogP contribution is 2.29. The SMILES string of the molecule is NCCc1nc(-c2ccccc2)c(-c2ccccc2)[nH]1. The number of nitrogens with two attached hydrogens (primary N) is 1. The summed E-state index contributed by atoms with van der Waals surface area (Å²) in [5.74, 6) is 0.935. The van der Waals surface area contributed by atoms with Crippen LogP contribution in [0.1, 0.15) is 5.82 Å². The zero-order valence-electron chi connectivity index (χ0n) is 11.2. The Kier molecular flexibility index (Phi) is 3.61. The van der Waals surface area contributed by atoms with Crippen LogP contribution >= 0.6 is 0 Å². The molecule has 3 rings (SSSR count). The van der Waals surface area contributed by atoms with Crippen molar-refractivity contribution in [2.45, 2.75) is 6.42 Å². The van der Waals surface area contributed by atoms with Crippen molar-refractivity contribution in [2.24, 2.45) is 5.73 Å². The first kappa shape index (κ1) is 12.6. The zero-order chi connectivity index (χ0) is 13.8. The fraction of sp³-hybridized carbons (Fsp3) is 0.118. The van der Waals surface area contributed by atoms with Gasteiger partial charge in [0.05, 0.1) is 11.4 Å². The summed E-state index contributed by atoms with van der Waals surface area (Å²) >= 11 is 0. The van der Waals surface area contributed by atoms with Crippen LogP contribution in [0.4, 0.5) is 0 Å². The van der Waals surface area contributed by atoms with Gasteiger partial charge in [0.2, 0.25) is 0 Å². The maximum absolute atomic E-state index is 5.64. The molecule has 20 heavy (non-hydrogen) atoms. The number of rotatable bonds is 4. The van der Waals surface area contributed by atoms with E-state index in [9.17, 15) is 0 Å². The molecule has 3 aromatic rings. The molecule has 0 radical (unpaired) electrons. The summed E-state index contributed by atoms with van der Waals surface area (Å²) in [6.07, 6.45) is 0.757. The second-order valence-electron chi connectivity index (χ2n) is 4.68. The number of aromatic amines is 1. The van der Waals surface area contributed by atoms with Crippen molar-refractivity contribution in [3.63, 3.8) is 0 Å². The summed E-state index contributed by atoms with van der Waals surface area (Å²) in [7, 11) is 0. The largest absolute Gasteiger partial charge is 0.341 e. The molecule has 0 unspecified atom stereocenters. The van der Waals surface area contributed by atoms with Gasteiger partial charge in [0.15, 0.2) is 0 Å². The fourth-order valence-corrected chi connectivity index (χ4v) is 2.30. The van der Waals surface area contributed by atoms with Crippen molar-refractivity contribution in [2.75, 3.05) is 6.54 Å². The van der Waals surface area contributed by atoms with Gasteiger partial charge in [-0.3, -0.25) is 0 Å². The van der Waals surface area contributed by atoms with Gasteiger partial charge >= 0.3 is 0 Å². The average molecular weight is 263 g/mol. The Labute approximate surface area is 118 Å². The Morgan fingerprint density at radius 3 is 2.05 bits per heavy atom. The first-order chi connectivity index (χ1) is 9.88. The number of benzene rings is 2. The minimum absolute atomic E-state index is 0.593. The van der Waals surface area contributed by atoms with E-state index in [0.717, 1.165) is 34.8 Å². The Balaban J connectivity index is 2.13. The molecule has 0 saturated heterocycles. The molecule has 0 spiro atoms. The van der Waals surface area contributed by atoms with Gasteiger partial charge in [-0.1, -0.05) is 60.7 Å². The number of hydrogen-bond donors (Lipinski definition) is 2. The van der Waals surface area contributed by atoms with Gasteiger partial charge in [0.1, 0.15) is 5.82 Å². The maximum Gasteiger partial charge on any atom is 0.108 e. The molecule has 0 fully saturated rings. The molecule has 3 heteroatoms. The van der Waals surface area contributed by atoms with Crippen LogP contribution in [0.5, 0.6) is 0 Å². The van der Waals surface area contributed by atoms with Crippen molar-refractivity contribution >= 4 is 0 Å². The lowest BCUT2D eigenvalue weighted by molar-refractivity contribution is 0.896.